The number of hydrogen-bond donors (Lipinski definition) is 1. The SMILES string of the molecule is Cc1ccccc1C(C)(N)c1ccc(Br)c(Cl)c1F. The molecule has 0 saturated heterocycles. The summed E-state index contributed by atoms with van der Waals surface area (Å²) in [5, 5.41) is 0.0581. The average molecular weight is 343 g/mol. The molecule has 0 saturated carbocycles. The van der Waals surface area contributed by atoms with Gasteiger partial charge in [-0.2, -0.15) is 0 Å². The fourth-order valence-corrected chi connectivity index (χ4v) is 2.70. The molecule has 1 unspecified atom stereocenters. The third kappa shape index (κ3) is 2.55. The first-order valence-corrected chi connectivity index (χ1v) is 7.01. The van der Waals surface area contributed by atoms with Gasteiger partial charge in [-0.15, -0.1) is 0 Å². The second-order valence-electron chi connectivity index (χ2n) is 4.74. The van der Waals surface area contributed by atoms with Gasteiger partial charge in [0.2, 0.25) is 0 Å². The molecule has 0 spiro atoms. The number of hydrogen-bond acceptors (Lipinski definition) is 1. The summed E-state index contributed by atoms with van der Waals surface area (Å²) in [6.45, 7) is 3.75. The van der Waals surface area contributed by atoms with E-state index < -0.39 is 11.4 Å². The number of rotatable bonds is 2. The molecule has 1 atom stereocenters. The van der Waals surface area contributed by atoms with Crippen LogP contribution in [0.3, 0.4) is 0 Å². The zero-order valence-corrected chi connectivity index (χ0v) is 13.0. The van der Waals surface area contributed by atoms with Gasteiger partial charge < -0.3 is 5.73 Å². The topological polar surface area (TPSA) is 26.0 Å². The lowest BCUT2D eigenvalue weighted by molar-refractivity contribution is 0.528. The van der Waals surface area contributed by atoms with Crippen molar-refractivity contribution in [2.75, 3.05) is 0 Å². The molecule has 0 amide bonds. The molecule has 4 heteroatoms. The molecule has 0 aliphatic carbocycles. The van der Waals surface area contributed by atoms with Crippen LogP contribution >= 0.6 is 27.5 Å². The highest BCUT2D eigenvalue weighted by atomic mass is 79.9. The van der Waals surface area contributed by atoms with E-state index >= 15 is 0 Å². The highest BCUT2D eigenvalue weighted by Gasteiger charge is 2.29. The van der Waals surface area contributed by atoms with Crippen molar-refractivity contribution in [3.8, 4) is 0 Å². The number of aryl methyl sites for hydroxylation is 1. The Balaban J connectivity index is 2.64. The van der Waals surface area contributed by atoms with Crippen molar-refractivity contribution < 1.29 is 4.39 Å². The Morgan fingerprint density at radius 3 is 2.42 bits per heavy atom. The Bertz CT molecular complexity index is 626. The molecule has 100 valence electrons. The van der Waals surface area contributed by atoms with Crippen LogP contribution in [0.5, 0.6) is 0 Å². The number of halogens is 3. The Kier molecular flexibility index (Phi) is 4.00. The molecule has 0 aliphatic heterocycles. The first-order chi connectivity index (χ1) is 8.85. The van der Waals surface area contributed by atoms with E-state index in [0.717, 1.165) is 11.1 Å². The molecule has 0 heterocycles. The van der Waals surface area contributed by atoms with Crippen molar-refractivity contribution in [2.45, 2.75) is 19.4 Å². The van der Waals surface area contributed by atoms with Gasteiger partial charge in [0.15, 0.2) is 0 Å². The molecule has 2 aromatic carbocycles. The van der Waals surface area contributed by atoms with Gasteiger partial charge in [0.05, 0.1) is 10.6 Å². The standard InChI is InChI=1S/C15H14BrClFN/c1-9-5-3-4-6-10(9)15(2,19)11-7-8-12(16)13(17)14(11)18/h3-8H,19H2,1-2H3. The molecule has 0 fully saturated rings. The Hall–Kier alpha value is -0.900. The predicted molar refractivity (Wildman–Crippen MR) is 80.9 cm³/mol. The lowest BCUT2D eigenvalue weighted by Crippen LogP contribution is -2.36. The molecule has 0 aromatic heterocycles. The van der Waals surface area contributed by atoms with Gasteiger partial charge in [-0.1, -0.05) is 41.9 Å². The van der Waals surface area contributed by atoms with E-state index in [4.69, 9.17) is 17.3 Å². The summed E-state index contributed by atoms with van der Waals surface area (Å²) in [5.74, 6) is -0.482. The number of nitrogens with two attached hydrogens (primary N) is 1. The van der Waals surface area contributed by atoms with Crippen molar-refractivity contribution in [3.05, 3.63) is 68.4 Å². The van der Waals surface area contributed by atoms with Gasteiger partial charge in [0.1, 0.15) is 5.82 Å². The molecule has 2 N–H and O–H groups in total. The van der Waals surface area contributed by atoms with E-state index in [1.165, 1.54) is 0 Å². The average Bonchev–Trinajstić information content (AvgIpc) is 2.36. The molecule has 0 radical (unpaired) electrons. The van der Waals surface area contributed by atoms with Crippen LogP contribution in [0.2, 0.25) is 5.02 Å². The highest BCUT2D eigenvalue weighted by molar-refractivity contribution is 9.10. The summed E-state index contributed by atoms with van der Waals surface area (Å²) in [6.07, 6.45) is 0. The van der Waals surface area contributed by atoms with E-state index in [1.807, 2.05) is 31.2 Å². The zero-order chi connectivity index (χ0) is 14.2. The van der Waals surface area contributed by atoms with Crippen LogP contribution in [0.4, 0.5) is 4.39 Å². The van der Waals surface area contributed by atoms with Crippen LogP contribution in [0.15, 0.2) is 40.9 Å². The van der Waals surface area contributed by atoms with Crippen LogP contribution in [-0.2, 0) is 5.54 Å². The molecule has 19 heavy (non-hydrogen) atoms. The van der Waals surface area contributed by atoms with Crippen LogP contribution in [0, 0.1) is 12.7 Å². The summed E-state index contributed by atoms with van der Waals surface area (Å²) in [5.41, 5.74) is 7.72. The second kappa shape index (κ2) is 5.23. The molecular formula is C15H14BrClFN. The molecule has 2 aromatic rings. The quantitative estimate of drug-likeness (QED) is 0.782. The van der Waals surface area contributed by atoms with Crippen molar-refractivity contribution in [1.29, 1.82) is 0 Å². The van der Waals surface area contributed by atoms with Crippen LogP contribution < -0.4 is 5.73 Å². The third-order valence-corrected chi connectivity index (χ3v) is 4.56. The van der Waals surface area contributed by atoms with Crippen molar-refractivity contribution in [2.24, 2.45) is 5.73 Å². The minimum absolute atomic E-state index is 0.0581. The minimum atomic E-state index is -0.931. The fourth-order valence-electron chi connectivity index (χ4n) is 2.23. The van der Waals surface area contributed by atoms with Crippen molar-refractivity contribution in [1.82, 2.24) is 0 Å². The predicted octanol–water partition coefficient (Wildman–Crippen LogP) is 4.77. The van der Waals surface area contributed by atoms with Crippen molar-refractivity contribution >= 4 is 27.5 Å². The second-order valence-corrected chi connectivity index (χ2v) is 5.97. The summed E-state index contributed by atoms with van der Waals surface area (Å²) in [7, 11) is 0. The molecule has 1 nitrogen and oxygen atoms in total. The van der Waals surface area contributed by atoms with Gasteiger partial charge in [-0.05, 0) is 47.0 Å². The smallest absolute Gasteiger partial charge is 0.148 e. The lowest BCUT2D eigenvalue weighted by Gasteiger charge is -2.28. The monoisotopic (exact) mass is 341 g/mol. The summed E-state index contributed by atoms with van der Waals surface area (Å²) in [6, 6.07) is 11.1. The first-order valence-electron chi connectivity index (χ1n) is 5.84. The van der Waals surface area contributed by atoms with Gasteiger partial charge in [-0.25, -0.2) is 4.39 Å². The van der Waals surface area contributed by atoms with Gasteiger partial charge in [0, 0.05) is 10.0 Å². The van der Waals surface area contributed by atoms with Gasteiger partial charge in [-0.3, -0.25) is 0 Å². The van der Waals surface area contributed by atoms with Gasteiger partial charge >= 0.3 is 0 Å². The molecule has 0 bridgehead atoms. The maximum absolute atomic E-state index is 14.3. The highest BCUT2D eigenvalue weighted by Crippen LogP contribution is 2.35. The Labute approximate surface area is 125 Å². The molecular weight excluding hydrogens is 329 g/mol. The third-order valence-electron chi connectivity index (χ3n) is 3.30. The molecule has 0 aliphatic rings. The fraction of sp³-hybridized carbons (Fsp3) is 0.200. The summed E-state index contributed by atoms with van der Waals surface area (Å²) in [4.78, 5) is 0. The van der Waals surface area contributed by atoms with E-state index in [-0.39, 0.29) is 5.02 Å². The van der Waals surface area contributed by atoms with E-state index in [0.29, 0.717) is 10.0 Å². The maximum Gasteiger partial charge on any atom is 0.148 e. The number of benzene rings is 2. The van der Waals surface area contributed by atoms with E-state index in [1.54, 1.807) is 19.1 Å². The van der Waals surface area contributed by atoms with Gasteiger partial charge in [0.25, 0.3) is 0 Å². The maximum atomic E-state index is 14.3. The Morgan fingerprint density at radius 1 is 1.16 bits per heavy atom. The normalized spacial score (nSPS) is 14.2. The van der Waals surface area contributed by atoms with Crippen LogP contribution in [0.25, 0.3) is 0 Å². The Morgan fingerprint density at radius 2 is 1.79 bits per heavy atom. The van der Waals surface area contributed by atoms with E-state index in [9.17, 15) is 4.39 Å². The first kappa shape index (κ1) is 14.5. The van der Waals surface area contributed by atoms with E-state index in [2.05, 4.69) is 15.9 Å². The van der Waals surface area contributed by atoms with Crippen LogP contribution in [0.1, 0.15) is 23.6 Å². The van der Waals surface area contributed by atoms with Crippen LogP contribution in [-0.4, -0.2) is 0 Å². The zero-order valence-electron chi connectivity index (χ0n) is 10.7. The lowest BCUT2D eigenvalue weighted by atomic mass is 9.83. The van der Waals surface area contributed by atoms with Crippen molar-refractivity contribution in [3.63, 3.8) is 0 Å². The summed E-state index contributed by atoms with van der Waals surface area (Å²) < 4.78 is 14.9. The minimum Gasteiger partial charge on any atom is -0.318 e. The largest absolute Gasteiger partial charge is 0.318 e. The molecule has 2 rings (SSSR count). The summed E-state index contributed by atoms with van der Waals surface area (Å²) >= 11 is 9.14.